The Morgan fingerprint density at radius 3 is 1.68 bits per heavy atom. The van der Waals surface area contributed by atoms with Crippen LogP contribution in [0.15, 0.2) is 0 Å². The first-order chi connectivity index (χ1) is 11.6. The maximum Gasteiger partial charge on any atom is 0.303 e. The monoisotopic (exact) mass is 378 g/mol. The van der Waals surface area contributed by atoms with Crippen LogP contribution in [0.5, 0.6) is 0 Å². The van der Waals surface area contributed by atoms with Crippen molar-refractivity contribution < 1.29 is 42.9 Å². The minimum Gasteiger partial charge on any atom is -0.465 e. The molecule has 1 rings (SSSR count). The van der Waals surface area contributed by atoms with E-state index < -0.39 is 52.9 Å². The number of carbonyl (C=O) groups excluding carboxylic acids is 4. The van der Waals surface area contributed by atoms with Crippen LogP contribution in [-0.2, 0) is 42.9 Å². The zero-order valence-corrected chi connectivity index (χ0v) is 15.5. The molecular weight excluding hydrogens is 356 g/mol. The van der Waals surface area contributed by atoms with E-state index in [0.717, 1.165) is 11.8 Å². The van der Waals surface area contributed by atoms with Crippen molar-refractivity contribution in [1.29, 1.82) is 0 Å². The van der Waals surface area contributed by atoms with Crippen molar-refractivity contribution in [2.75, 3.05) is 13.7 Å². The fraction of sp³-hybridized carbons (Fsp3) is 0.733. The molecule has 0 aliphatic carbocycles. The van der Waals surface area contributed by atoms with Gasteiger partial charge in [0.15, 0.2) is 18.3 Å². The summed E-state index contributed by atoms with van der Waals surface area (Å²) in [4.78, 5) is 45.5. The van der Waals surface area contributed by atoms with Gasteiger partial charge in [-0.05, 0) is 0 Å². The number of esters is 4. The first-order valence-electron chi connectivity index (χ1n) is 7.49. The Kier molecular flexibility index (Phi) is 8.17. The number of hydrogen-bond donors (Lipinski definition) is 0. The largest absolute Gasteiger partial charge is 0.465 e. The van der Waals surface area contributed by atoms with Crippen molar-refractivity contribution >= 4 is 35.6 Å². The predicted octanol–water partition coefficient (Wildman–Crippen LogP) is 0.432. The molecule has 1 aliphatic heterocycles. The van der Waals surface area contributed by atoms with Gasteiger partial charge in [0.1, 0.15) is 12.0 Å². The average molecular weight is 378 g/mol. The second kappa shape index (κ2) is 9.62. The molecule has 5 atom stereocenters. The first-order valence-corrected chi connectivity index (χ1v) is 8.43. The van der Waals surface area contributed by atoms with E-state index in [1.165, 1.54) is 34.8 Å². The Bertz CT molecular complexity index is 521. The SMILES string of the molecule is CO[C@H]1S[C@H](COC(C)=O)[C@@H](OC(C)=O)[C@H](OC(C)=O)[C@H]1OC(C)=O. The van der Waals surface area contributed by atoms with Gasteiger partial charge in [-0.3, -0.25) is 19.2 Å². The highest BCUT2D eigenvalue weighted by Crippen LogP contribution is 2.38. The molecular formula is C15H22O9S. The molecule has 0 amide bonds. The molecule has 142 valence electrons. The number of rotatable bonds is 6. The van der Waals surface area contributed by atoms with E-state index >= 15 is 0 Å². The smallest absolute Gasteiger partial charge is 0.303 e. The first kappa shape index (κ1) is 21.2. The van der Waals surface area contributed by atoms with E-state index in [9.17, 15) is 19.2 Å². The van der Waals surface area contributed by atoms with E-state index in [2.05, 4.69) is 0 Å². The summed E-state index contributed by atoms with van der Waals surface area (Å²) in [7, 11) is 1.40. The van der Waals surface area contributed by atoms with Crippen molar-refractivity contribution in [2.45, 2.75) is 56.7 Å². The molecule has 0 spiro atoms. The van der Waals surface area contributed by atoms with Gasteiger partial charge in [-0.2, -0.15) is 0 Å². The van der Waals surface area contributed by atoms with E-state index in [0.29, 0.717) is 0 Å². The summed E-state index contributed by atoms with van der Waals surface area (Å²) in [5, 5.41) is -0.575. The van der Waals surface area contributed by atoms with Gasteiger partial charge in [0.25, 0.3) is 0 Å². The average Bonchev–Trinajstić information content (AvgIpc) is 2.48. The lowest BCUT2D eigenvalue weighted by molar-refractivity contribution is -0.192. The maximum absolute atomic E-state index is 11.5. The fourth-order valence-corrected chi connectivity index (χ4v) is 3.71. The third-order valence-electron chi connectivity index (χ3n) is 3.18. The van der Waals surface area contributed by atoms with Gasteiger partial charge in [0.2, 0.25) is 0 Å². The molecule has 9 nitrogen and oxygen atoms in total. The normalized spacial score (nSPS) is 28.6. The van der Waals surface area contributed by atoms with Crippen LogP contribution in [0.1, 0.15) is 27.7 Å². The lowest BCUT2D eigenvalue weighted by Crippen LogP contribution is -2.59. The van der Waals surface area contributed by atoms with Crippen LogP contribution in [0.25, 0.3) is 0 Å². The molecule has 1 fully saturated rings. The van der Waals surface area contributed by atoms with Crippen LogP contribution < -0.4 is 0 Å². The Morgan fingerprint density at radius 1 is 0.760 bits per heavy atom. The predicted molar refractivity (Wildman–Crippen MR) is 85.5 cm³/mol. The highest BCUT2D eigenvalue weighted by molar-refractivity contribution is 8.00. The summed E-state index contributed by atoms with van der Waals surface area (Å²) in [5.74, 6) is -2.38. The highest BCUT2D eigenvalue weighted by atomic mass is 32.2. The number of methoxy groups -OCH3 is 1. The van der Waals surface area contributed by atoms with Crippen LogP contribution >= 0.6 is 11.8 Å². The molecule has 0 aromatic carbocycles. The molecule has 0 aromatic heterocycles. The van der Waals surface area contributed by atoms with Crippen molar-refractivity contribution in [3.63, 3.8) is 0 Å². The van der Waals surface area contributed by atoms with Gasteiger partial charge < -0.3 is 23.7 Å². The second-order valence-corrected chi connectivity index (χ2v) is 6.65. The Labute approximate surface area is 149 Å². The van der Waals surface area contributed by atoms with Gasteiger partial charge in [-0.15, -0.1) is 11.8 Å². The Morgan fingerprint density at radius 2 is 1.24 bits per heavy atom. The van der Waals surface area contributed by atoms with E-state index in [4.69, 9.17) is 23.7 Å². The van der Waals surface area contributed by atoms with E-state index in [1.807, 2.05) is 0 Å². The van der Waals surface area contributed by atoms with Crippen LogP contribution in [0, 0.1) is 0 Å². The van der Waals surface area contributed by atoms with Crippen LogP contribution in [0.4, 0.5) is 0 Å². The minimum atomic E-state index is -1.10. The van der Waals surface area contributed by atoms with E-state index in [-0.39, 0.29) is 6.61 Å². The summed E-state index contributed by atoms with van der Waals surface area (Å²) >= 11 is 1.16. The molecule has 1 saturated heterocycles. The summed E-state index contributed by atoms with van der Waals surface area (Å²) in [6.07, 6.45) is -3.08. The zero-order valence-electron chi connectivity index (χ0n) is 14.7. The topological polar surface area (TPSA) is 114 Å². The molecule has 0 bridgehead atoms. The van der Waals surface area contributed by atoms with Gasteiger partial charge in [-0.25, -0.2) is 0 Å². The molecule has 1 aliphatic rings. The molecule has 0 N–H and O–H groups in total. The van der Waals surface area contributed by atoms with Crippen molar-refractivity contribution in [2.24, 2.45) is 0 Å². The van der Waals surface area contributed by atoms with Gasteiger partial charge >= 0.3 is 23.9 Å². The number of thioether (sulfide) groups is 1. The Hall–Kier alpha value is -1.81. The molecule has 10 heteroatoms. The van der Waals surface area contributed by atoms with Gasteiger partial charge in [0.05, 0.1) is 5.25 Å². The lowest BCUT2D eigenvalue weighted by atomic mass is 10.0. The van der Waals surface area contributed by atoms with Crippen molar-refractivity contribution in [3.05, 3.63) is 0 Å². The zero-order chi connectivity index (χ0) is 19.1. The summed E-state index contributed by atoms with van der Waals surface area (Å²) in [5.41, 5.74) is -0.708. The van der Waals surface area contributed by atoms with Gasteiger partial charge in [-0.1, -0.05) is 0 Å². The summed E-state index contributed by atoms with van der Waals surface area (Å²) in [6.45, 7) is 4.73. The summed E-state index contributed by atoms with van der Waals surface area (Å²) < 4.78 is 26.1. The van der Waals surface area contributed by atoms with E-state index in [1.54, 1.807) is 0 Å². The van der Waals surface area contributed by atoms with Crippen LogP contribution in [-0.4, -0.2) is 66.6 Å². The van der Waals surface area contributed by atoms with Crippen LogP contribution in [0.2, 0.25) is 0 Å². The molecule has 0 aromatic rings. The van der Waals surface area contributed by atoms with Crippen molar-refractivity contribution in [1.82, 2.24) is 0 Å². The molecule has 0 saturated carbocycles. The maximum atomic E-state index is 11.5. The second-order valence-electron chi connectivity index (χ2n) is 5.30. The molecule has 0 radical (unpaired) electrons. The summed E-state index contributed by atoms with van der Waals surface area (Å²) in [6, 6.07) is 0. The Balaban J connectivity index is 3.18. The molecule has 25 heavy (non-hydrogen) atoms. The highest BCUT2D eigenvalue weighted by Gasteiger charge is 2.51. The van der Waals surface area contributed by atoms with Gasteiger partial charge in [0, 0.05) is 34.8 Å². The van der Waals surface area contributed by atoms with Crippen molar-refractivity contribution in [3.8, 4) is 0 Å². The number of hydrogen-bond acceptors (Lipinski definition) is 10. The molecule has 0 unspecified atom stereocenters. The number of ether oxygens (including phenoxy) is 5. The number of carbonyl (C=O) groups is 4. The minimum absolute atomic E-state index is 0.0949. The third-order valence-corrected chi connectivity index (χ3v) is 4.66. The lowest BCUT2D eigenvalue weighted by Gasteiger charge is -2.43. The molecule has 1 heterocycles. The third kappa shape index (κ3) is 6.54. The van der Waals surface area contributed by atoms with Crippen LogP contribution in [0.3, 0.4) is 0 Å². The fourth-order valence-electron chi connectivity index (χ4n) is 2.38. The standard InChI is InChI=1S/C15H22O9S/c1-7(16)21-6-11-12(22-8(2)17)13(23-9(3)18)14(24-10(4)19)15(20-5)25-11/h11-15H,6H2,1-5H3/t11-,12-,13+,14-,15+/m1/s1. The quantitative estimate of drug-likeness (QED) is 0.476.